The van der Waals surface area contributed by atoms with E-state index in [-0.39, 0.29) is 0 Å². The van der Waals surface area contributed by atoms with Crippen molar-refractivity contribution in [3.05, 3.63) is 29.3 Å². The van der Waals surface area contributed by atoms with Gasteiger partial charge in [-0.05, 0) is 37.1 Å². The molecule has 1 unspecified atom stereocenters. The van der Waals surface area contributed by atoms with Gasteiger partial charge in [0.15, 0.2) is 0 Å². The van der Waals surface area contributed by atoms with E-state index < -0.39 is 7.60 Å². The molecule has 0 aliphatic rings. The summed E-state index contributed by atoms with van der Waals surface area (Å²) in [6.07, 6.45) is 4.15. The highest BCUT2D eigenvalue weighted by molar-refractivity contribution is 7.54. The molecule has 5 heteroatoms. The molecule has 0 aliphatic carbocycles. The first-order valence-corrected chi connectivity index (χ1v) is 8.89. The van der Waals surface area contributed by atoms with E-state index in [1.54, 1.807) is 24.3 Å². The van der Waals surface area contributed by atoms with Gasteiger partial charge in [0.05, 0.1) is 12.8 Å². The molecule has 0 radical (unpaired) electrons. The summed E-state index contributed by atoms with van der Waals surface area (Å²) in [5, 5.41) is 0.627. The fourth-order valence-electron chi connectivity index (χ4n) is 1.49. The van der Waals surface area contributed by atoms with Gasteiger partial charge in [-0.2, -0.15) is 0 Å². The van der Waals surface area contributed by atoms with Gasteiger partial charge in [0, 0.05) is 5.02 Å². The summed E-state index contributed by atoms with van der Waals surface area (Å²) in [7, 11) is -3.05. The van der Waals surface area contributed by atoms with E-state index in [1.807, 2.05) is 0 Å². The Morgan fingerprint density at radius 3 is 2.32 bits per heavy atom. The zero-order chi connectivity index (χ0) is 14.1. The third-order valence-corrected chi connectivity index (χ3v) is 4.81. The highest BCUT2D eigenvalue weighted by atomic mass is 35.5. The van der Waals surface area contributed by atoms with Crippen LogP contribution in [0.4, 0.5) is 0 Å². The Bertz CT molecular complexity index is 406. The summed E-state index contributed by atoms with van der Waals surface area (Å²) in [5.41, 5.74) is 0. The maximum Gasteiger partial charge on any atom is 0.379 e. The maximum atomic E-state index is 12.6. The second-order valence-electron chi connectivity index (χ2n) is 4.42. The van der Waals surface area contributed by atoms with E-state index in [0.717, 1.165) is 25.7 Å². The van der Waals surface area contributed by atoms with Crippen LogP contribution in [0.2, 0.25) is 5.02 Å². The van der Waals surface area contributed by atoms with Crippen LogP contribution in [0.25, 0.3) is 0 Å². The fourth-order valence-corrected chi connectivity index (χ4v) is 3.45. The number of unbranched alkanes of at least 4 members (excludes halogenated alkanes) is 2. The van der Waals surface area contributed by atoms with Crippen molar-refractivity contribution in [2.75, 3.05) is 12.8 Å². The monoisotopic (exact) mass is 304 g/mol. The summed E-state index contributed by atoms with van der Waals surface area (Å²) in [6, 6.07) is 6.86. The van der Waals surface area contributed by atoms with Gasteiger partial charge in [0.25, 0.3) is 0 Å². The lowest BCUT2D eigenvalue weighted by molar-refractivity contribution is 0.259. The van der Waals surface area contributed by atoms with Gasteiger partial charge < -0.3 is 4.52 Å². The Hall–Kier alpha value is -0.500. The average molecular weight is 305 g/mol. The largest absolute Gasteiger partial charge is 0.424 e. The van der Waals surface area contributed by atoms with Crippen molar-refractivity contribution in [1.82, 2.24) is 0 Å². The minimum absolute atomic E-state index is 0.454. The lowest BCUT2D eigenvalue weighted by Crippen LogP contribution is -2.04. The zero-order valence-electron chi connectivity index (χ0n) is 11.6. The van der Waals surface area contributed by atoms with Crippen LogP contribution in [0.15, 0.2) is 24.3 Å². The summed E-state index contributed by atoms with van der Waals surface area (Å²) < 4.78 is 23.7. The van der Waals surface area contributed by atoms with Crippen LogP contribution in [0.3, 0.4) is 0 Å². The fraction of sp³-hybridized carbons (Fsp3) is 0.571. The smallest absolute Gasteiger partial charge is 0.379 e. The molecule has 19 heavy (non-hydrogen) atoms. The van der Waals surface area contributed by atoms with Gasteiger partial charge in [0.2, 0.25) is 0 Å². The topological polar surface area (TPSA) is 35.5 Å². The first-order valence-electron chi connectivity index (χ1n) is 6.78. The first kappa shape index (κ1) is 16.6. The molecule has 0 aliphatic heterocycles. The van der Waals surface area contributed by atoms with Crippen molar-refractivity contribution in [3.8, 4) is 5.75 Å². The van der Waals surface area contributed by atoms with Crippen molar-refractivity contribution in [3.63, 3.8) is 0 Å². The molecule has 1 aromatic rings. The molecular formula is C14H22ClO3P. The molecule has 1 atom stereocenters. The van der Waals surface area contributed by atoms with Crippen molar-refractivity contribution >= 4 is 19.2 Å². The lowest BCUT2D eigenvalue weighted by Gasteiger charge is -2.19. The summed E-state index contributed by atoms with van der Waals surface area (Å²) in [6.45, 7) is 4.60. The Morgan fingerprint density at radius 1 is 1.11 bits per heavy atom. The Kier molecular flexibility index (Phi) is 7.52. The second kappa shape index (κ2) is 8.63. The molecule has 0 saturated heterocycles. The maximum absolute atomic E-state index is 12.6. The summed E-state index contributed by atoms with van der Waals surface area (Å²) >= 11 is 5.81. The van der Waals surface area contributed by atoms with E-state index in [9.17, 15) is 4.57 Å². The Labute approximate surface area is 120 Å². The molecule has 1 aromatic carbocycles. The van der Waals surface area contributed by atoms with Gasteiger partial charge in [-0.1, -0.05) is 38.3 Å². The molecule has 0 amide bonds. The molecule has 3 nitrogen and oxygen atoms in total. The Morgan fingerprint density at radius 2 is 1.74 bits per heavy atom. The molecule has 0 saturated carbocycles. The minimum atomic E-state index is -3.05. The van der Waals surface area contributed by atoms with Gasteiger partial charge >= 0.3 is 7.60 Å². The molecule has 1 rings (SSSR count). The normalized spacial score (nSPS) is 14.1. The predicted molar refractivity (Wildman–Crippen MR) is 80.3 cm³/mol. The highest BCUT2D eigenvalue weighted by Gasteiger charge is 2.25. The van der Waals surface area contributed by atoms with Gasteiger partial charge in [-0.25, -0.2) is 4.57 Å². The third-order valence-electron chi connectivity index (χ3n) is 2.63. The second-order valence-corrected chi connectivity index (χ2v) is 6.97. The van der Waals surface area contributed by atoms with E-state index in [1.165, 1.54) is 0 Å². The zero-order valence-corrected chi connectivity index (χ0v) is 13.3. The first-order chi connectivity index (χ1) is 9.09. The Balaban J connectivity index is 2.66. The standard InChI is InChI=1S/C14H22ClO3P/c1-3-5-11-17-19(16,12-6-4-2)18-14-9-7-13(15)8-10-14/h7-10H,3-6,11-12H2,1-2H3. The summed E-state index contributed by atoms with van der Waals surface area (Å²) in [4.78, 5) is 0. The number of rotatable bonds is 9. The van der Waals surface area contributed by atoms with Crippen LogP contribution in [0.5, 0.6) is 5.75 Å². The van der Waals surface area contributed by atoms with Gasteiger partial charge in [0.1, 0.15) is 5.75 Å². The SMILES string of the molecule is CCCCOP(=O)(CCCC)Oc1ccc(Cl)cc1. The van der Waals surface area contributed by atoms with Crippen molar-refractivity contribution in [2.24, 2.45) is 0 Å². The molecular weight excluding hydrogens is 283 g/mol. The average Bonchev–Trinajstić information content (AvgIpc) is 2.40. The molecule has 0 heterocycles. The highest BCUT2D eigenvalue weighted by Crippen LogP contribution is 2.49. The molecule has 0 fully saturated rings. The van der Waals surface area contributed by atoms with Crippen LogP contribution < -0.4 is 4.52 Å². The molecule has 0 aromatic heterocycles. The molecule has 0 N–H and O–H groups in total. The number of halogens is 1. The van der Waals surface area contributed by atoms with Crippen LogP contribution in [0.1, 0.15) is 39.5 Å². The van der Waals surface area contributed by atoms with E-state index >= 15 is 0 Å². The molecule has 0 bridgehead atoms. The summed E-state index contributed by atoms with van der Waals surface area (Å²) in [5.74, 6) is 0.542. The quantitative estimate of drug-likeness (QED) is 0.444. The van der Waals surface area contributed by atoms with E-state index in [0.29, 0.717) is 23.5 Å². The minimum Gasteiger partial charge on any atom is -0.424 e. The predicted octanol–water partition coefficient (Wildman–Crippen LogP) is 5.53. The van der Waals surface area contributed by atoms with E-state index in [4.69, 9.17) is 20.6 Å². The van der Waals surface area contributed by atoms with Crippen LogP contribution in [0, 0.1) is 0 Å². The van der Waals surface area contributed by atoms with Crippen LogP contribution in [-0.2, 0) is 9.09 Å². The lowest BCUT2D eigenvalue weighted by atomic mass is 10.3. The molecule has 108 valence electrons. The number of hydrogen-bond donors (Lipinski definition) is 0. The van der Waals surface area contributed by atoms with Crippen LogP contribution >= 0.6 is 19.2 Å². The number of benzene rings is 1. The molecule has 0 spiro atoms. The van der Waals surface area contributed by atoms with Crippen molar-refractivity contribution in [1.29, 1.82) is 0 Å². The van der Waals surface area contributed by atoms with Crippen molar-refractivity contribution in [2.45, 2.75) is 39.5 Å². The van der Waals surface area contributed by atoms with Crippen LogP contribution in [-0.4, -0.2) is 12.8 Å². The number of hydrogen-bond acceptors (Lipinski definition) is 3. The van der Waals surface area contributed by atoms with Gasteiger partial charge in [-0.15, -0.1) is 0 Å². The van der Waals surface area contributed by atoms with Crippen molar-refractivity contribution < 1.29 is 13.6 Å². The third kappa shape index (κ3) is 6.47. The van der Waals surface area contributed by atoms with E-state index in [2.05, 4.69) is 13.8 Å². The van der Waals surface area contributed by atoms with Gasteiger partial charge in [-0.3, -0.25) is 4.52 Å².